The van der Waals surface area contributed by atoms with E-state index >= 15 is 0 Å². The molecule has 0 aromatic heterocycles. The van der Waals surface area contributed by atoms with Crippen LogP contribution in [0.5, 0.6) is 0 Å². The summed E-state index contributed by atoms with van der Waals surface area (Å²) in [7, 11) is 0. The molecule has 0 rings (SSSR count). The lowest BCUT2D eigenvalue weighted by Crippen LogP contribution is -2.57. The van der Waals surface area contributed by atoms with Gasteiger partial charge < -0.3 is 26.8 Å². The van der Waals surface area contributed by atoms with Gasteiger partial charge in [0, 0.05) is 6.92 Å². The summed E-state index contributed by atoms with van der Waals surface area (Å²) in [6.07, 6.45) is 0.218. The van der Waals surface area contributed by atoms with Gasteiger partial charge in [0.25, 0.3) is 0 Å². The third-order valence-corrected chi connectivity index (χ3v) is 4.23. The van der Waals surface area contributed by atoms with Gasteiger partial charge in [0.15, 0.2) is 0 Å². The molecule has 4 unspecified atom stereocenters. The third kappa shape index (κ3) is 9.33. The lowest BCUT2D eigenvalue weighted by Gasteiger charge is -2.27. The topological polar surface area (TPSA) is 168 Å². The summed E-state index contributed by atoms with van der Waals surface area (Å²) in [5, 5.41) is 16.3. The monoisotopic (exact) mass is 400 g/mol. The van der Waals surface area contributed by atoms with Gasteiger partial charge in [-0.05, 0) is 18.3 Å². The molecule has 0 radical (unpaired) electrons. The van der Waals surface area contributed by atoms with Crippen LogP contribution in [0.4, 0.5) is 0 Å². The molecule has 0 aliphatic rings. The number of nitrogens with two attached hydrogens (primary N) is 1. The van der Waals surface area contributed by atoms with Crippen molar-refractivity contribution in [1.82, 2.24) is 16.0 Å². The van der Waals surface area contributed by atoms with Crippen molar-refractivity contribution in [2.24, 2.45) is 17.6 Å². The molecule has 28 heavy (non-hydrogen) atoms. The van der Waals surface area contributed by atoms with E-state index in [2.05, 4.69) is 16.0 Å². The summed E-state index contributed by atoms with van der Waals surface area (Å²) < 4.78 is 0. The smallest absolute Gasteiger partial charge is 0.305 e. The number of carbonyl (C=O) groups is 5. The van der Waals surface area contributed by atoms with Gasteiger partial charge >= 0.3 is 5.97 Å². The average molecular weight is 400 g/mol. The van der Waals surface area contributed by atoms with Crippen LogP contribution in [0, 0.1) is 11.8 Å². The van der Waals surface area contributed by atoms with Crippen LogP contribution in [-0.2, 0) is 24.0 Å². The lowest BCUT2D eigenvalue weighted by atomic mass is 9.96. The Kier molecular flexibility index (Phi) is 10.8. The molecule has 0 aromatic rings. The molecule has 0 heterocycles. The van der Waals surface area contributed by atoms with Crippen LogP contribution >= 0.6 is 0 Å². The number of carbonyl (C=O) groups excluding carboxylic acids is 4. The van der Waals surface area contributed by atoms with E-state index in [1.807, 2.05) is 20.8 Å². The van der Waals surface area contributed by atoms with E-state index < -0.39 is 48.2 Å². The molecule has 6 N–H and O–H groups in total. The Balaban J connectivity index is 5.40. The molecule has 0 bridgehead atoms. The van der Waals surface area contributed by atoms with Crippen LogP contribution < -0.4 is 21.7 Å². The number of amides is 4. The highest BCUT2D eigenvalue weighted by Gasteiger charge is 2.31. The van der Waals surface area contributed by atoms with Crippen LogP contribution in [0.1, 0.15) is 53.9 Å². The second kappa shape index (κ2) is 11.9. The van der Waals surface area contributed by atoms with Gasteiger partial charge in [-0.3, -0.25) is 24.0 Å². The second-order valence-corrected chi connectivity index (χ2v) is 7.32. The molecular weight excluding hydrogens is 368 g/mol. The number of carboxylic acid groups (broad SMARTS) is 1. The second-order valence-electron chi connectivity index (χ2n) is 7.32. The highest BCUT2D eigenvalue weighted by molar-refractivity contribution is 5.94. The first-order chi connectivity index (χ1) is 12.9. The van der Waals surface area contributed by atoms with Crippen LogP contribution in [0.15, 0.2) is 0 Å². The normalized spacial score (nSPS) is 15.1. The largest absolute Gasteiger partial charge is 0.481 e. The van der Waals surface area contributed by atoms with E-state index in [9.17, 15) is 24.0 Å². The van der Waals surface area contributed by atoms with E-state index in [1.165, 1.54) is 6.92 Å². The number of hydrogen-bond acceptors (Lipinski definition) is 5. The predicted octanol–water partition coefficient (Wildman–Crippen LogP) is -0.487. The lowest BCUT2D eigenvalue weighted by molar-refractivity contribution is -0.140. The maximum Gasteiger partial charge on any atom is 0.305 e. The average Bonchev–Trinajstić information content (AvgIpc) is 2.56. The Morgan fingerprint density at radius 3 is 1.86 bits per heavy atom. The summed E-state index contributed by atoms with van der Waals surface area (Å²) >= 11 is 0. The van der Waals surface area contributed by atoms with Gasteiger partial charge in [0.05, 0.1) is 6.42 Å². The first-order valence-electron chi connectivity index (χ1n) is 9.27. The van der Waals surface area contributed by atoms with Crippen molar-refractivity contribution in [3.8, 4) is 0 Å². The Morgan fingerprint density at radius 1 is 0.929 bits per heavy atom. The van der Waals surface area contributed by atoms with Crippen molar-refractivity contribution < 1.29 is 29.1 Å². The summed E-state index contributed by atoms with van der Waals surface area (Å²) in [6.45, 7) is 8.65. The Labute approximate surface area is 165 Å². The number of nitrogens with one attached hydrogen (secondary N) is 3. The zero-order valence-electron chi connectivity index (χ0n) is 17.1. The van der Waals surface area contributed by atoms with E-state index in [4.69, 9.17) is 10.8 Å². The number of primary amides is 1. The molecule has 0 aliphatic heterocycles. The molecule has 0 aromatic carbocycles. The van der Waals surface area contributed by atoms with Crippen molar-refractivity contribution in [1.29, 1.82) is 0 Å². The Hall–Kier alpha value is -2.65. The minimum atomic E-state index is -1.39. The minimum absolute atomic E-state index is 0.0189. The fourth-order valence-corrected chi connectivity index (χ4v) is 2.56. The molecule has 0 saturated carbocycles. The fraction of sp³-hybridized carbons (Fsp3) is 0.722. The number of hydrogen-bond donors (Lipinski definition) is 5. The quantitative estimate of drug-likeness (QED) is 0.296. The Morgan fingerprint density at radius 2 is 1.46 bits per heavy atom. The van der Waals surface area contributed by atoms with E-state index in [0.717, 1.165) is 0 Å². The number of carboxylic acids is 1. The maximum atomic E-state index is 12.7. The van der Waals surface area contributed by atoms with E-state index in [1.54, 1.807) is 6.92 Å². The van der Waals surface area contributed by atoms with Crippen molar-refractivity contribution in [3.05, 3.63) is 0 Å². The summed E-state index contributed by atoms with van der Waals surface area (Å²) in [5.41, 5.74) is 5.14. The van der Waals surface area contributed by atoms with Crippen LogP contribution in [0.2, 0.25) is 0 Å². The number of aliphatic carboxylic acids is 1. The van der Waals surface area contributed by atoms with Crippen molar-refractivity contribution >= 4 is 29.6 Å². The standard InChI is InChI=1S/C18H32N4O6/c1-6-10(4)15(20-11(5)23)18(28)22-13(7-9(2)3)17(27)21-12(16(19)26)8-14(24)25/h9-10,12-13,15H,6-8H2,1-5H3,(H2,19,26)(H,20,23)(H,21,27)(H,22,28)(H,24,25). The third-order valence-electron chi connectivity index (χ3n) is 4.23. The van der Waals surface area contributed by atoms with Crippen LogP contribution in [-0.4, -0.2) is 52.8 Å². The van der Waals surface area contributed by atoms with Gasteiger partial charge in [-0.1, -0.05) is 34.1 Å². The summed E-state index contributed by atoms with van der Waals surface area (Å²) in [6, 6.07) is -3.23. The first kappa shape index (κ1) is 25.4. The first-order valence-corrected chi connectivity index (χ1v) is 9.27. The number of rotatable bonds is 12. The van der Waals surface area contributed by atoms with Crippen LogP contribution in [0.25, 0.3) is 0 Å². The minimum Gasteiger partial charge on any atom is -0.481 e. The zero-order valence-corrected chi connectivity index (χ0v) is 17.1. The molecule has 4 amide bonds. The molecule has 0 spiro atoms. The van der Waals surface area contributed by atoms with E-state index in [0.29, 0.717) is 6.42 Å². The SMILES string of the molecule is CCC(C)C(NC(C)=O)C(=O)NC(CC(C)C)C(=O)NC(CC(=O)O)C(N)=O. The Bertz CT molecular complexity index is 593. The molecule has 160 valence electrons. The molecule has 0 fully saturated rings. The fourth-order valence-electron chi connectivity index (χ4n) is 2.56. The van der Waals surface area contributed by atoms with Gasteiger partial charge in [-0.15, -0.1) is 0 Å². The molecule has 0 aliphatic carbocycles. The van der Waals surface area contributed by atoms with Gasteiger partial charge in [0.2, 0.25) is 23.6 Å². The van der Waals surface area contributed by atoms with Gasteiger partial charge in [0.1, 0.15) is 18.1 Å². The predicted molar refractivity (Wildman–Crippen MR) is 102 cm³/mol. The van der Waals surface area contributed by atoms with Crippen molar-refractivity contribution in [2.45, 2.75) is 72.0 Å². The summed E-state index contributed by atoms with van der Waals surface area (Å²) in [5.74, 6) is -4.04. The highest BCUT2D eigenvalue weighted by atomic mass is 16.4. The molecular formula is C18H32N4O6. The molecule has 10 nitrogen and oxygen atoms in total. The van der Waals surface area contributed by atoms with Gasteiger partial charge in [-0.25, -0.2) is 0 Å². The highest BCUT2D eigenvalue weighted by Crippen LogP contribution is 2.11. The molecule has 10 heteroatoms. The van der Waals surface area contributed by atoms with Gasteiger partial charge in [-0.2, -0.15) is 0 Å². The van der Waals surface area contributed by atoms with Crippen molar-refractivity contribution in [2.75, 3.05) is 0 Å². The van der Waals surface area contributed by atoms with E-state index in [-0.39, 0.29) is 24.2 Å². The van der Waals surface area contributed by atoms with Crippen molar-refractivity contribution in [3.63, 3.8) is 0 Å². The zero-order chi connectivity index (χ0) is 22.0. The molecule has 4 atom stereocenters. The maximum absolute atomic E-state index is 12.7. The van der Waals surface area contributed by atoms with Crippen LogP contribution in [0.3, 0.4) is 0 Å². The summed E-state index contributed by atoms with van der Waals surface area (Å²) in [4.78, 5) is 58.9. The molecule has 0 saturated heterocycles.